The predicted molar refractivity (Wildman–Crippen MR) is 273 cm³/mol. The van der Waals surface area contributed by atoms with Gasteiger partial charge in [-0.1, -0.05) is 90.2 Å². The molecule has 6 unspecified atom stereocenters. The van der Waals surface area contributed by atoms with Crippen molar-refractivity contribution in [3.05, 3.63) is 12.2 Å². The SMILES string of the molecule is CC(O)CCO.CC(O)CO.CCC(O)CO.CCCCC(O)CO.OC1CCCCC1O.OCC=CCO.OCCCCCCCCCCO.OCCCCCO.OCCCCO.OCCCO. The van der Waals surface area contributed by atoms with Crippen LogP contribution in [-0.2, 0) is 0 Å². The lowest BCUT2D eigenvalue weighted by Crippen LogP contribution is -2.28. The first-order chi connectivity index (χ1) is 33.0. The maximum Gasteiger partial charge on any atom is 0.0799 e. The summed E-state index contributed by atoms with van der Waals surface area (Å²) >= 11 is 0. The highest BCUT2D eigenvalue weighted by Crippen LogP contribution is 2.17. The molecule has 0 aliphatic heterocycles. The summed E-state index contributed by atoms with van der Waals surface area (Å²) in [6, 6.07) is 0. The molecule has 20 heteroatoms. The average molecular weight is 1020 g/mol. The maximum absolute atomic E-state index is 8.93. The number of hydrogen-bond acceptors (Lipinski definition) is 20. The third-order valence-electron chi connectivity index (χ3n) is 8.43. The zero-order chi connectivity index (χ0) is 55.0. The highest BCUT2D eigenvalue weighted by Gasteiger charge is 2.19. The van der Waals surface area contributed by atoms with E-state index in [9.17, 15) is 0 Å². The summed E-state index contributed by atoms with van der Waals surface area (Å²) in [5.74, 6) is 0. The Balaban J connectivity index is -0.0000000838. The lowest BCUT2D eigenvalue weighted by atomic mass is 9.95. The number of aliphatic hydroxyl groups excluding tert-OH is 20. The Labute approximate surface area is 417 Å². The molecule has 0 bridgehead atoms. The molecule has 20 N–H and O–H groups in total. The van der Waals surface area contributed by atoms with Crippen molar-refractivity contribution < 1.29 is 102 Å². The normalized spacial score (nSPS) is 14.9. The van der Waals surface area contributed by atoms with E-state index in [1.807, 2.05) is 6.92 Å². The van der Waals surface area contributed by atoms with Crippen LogP contribution in [0.3, 0.4) is 0 Å². The summed E-state index contributed by atoms with van der Waals surface area (Å²) < 4.78 is 0. The molecule has 6 atom stereocenters. The maximum atomic E-state index is 8.93. The minimum Gasteiger partial charge on any atom is -0.396 e. The Bertz CT molecular complexity index is 721. The number of unbranched alkanes of at least 4 members (excludes halogenated alkanes) is 11. The molecule has 0 amide bonds. The van der Waals surface area contributed by atoms with E-state index >= 15 is 0 Å². The van der Waals surface area contributed by atoms with Crippen molar-refractivity contribution in [1.82, 2.24) is 0 Å². The van der Waals surface area contributed by atoms with Gasteiger partial charge in [-0.2, -0.15) is 0 Å². The van der Waals surface area contributed by atoms with Crippen LogP contribution in [0.5, 0.6) is 0 Å². The molecule has 0 aromatic heterocycles. The summed E-state index contributed by atoms with van der Waals surface area (Å²) in [4.78, 5) is 0. The van der Waals surface area contributed by atoms with Crippen molar-refractivity contribution in [2.24, 2.45) is 0 Å². The lowest BCUT2D eigenvalue weighted by molar-refractivity contribution is -0.00865. The molecule has 1 fully saturated rings. The number of aliphatic hydroxyl groups is 20. The van der Waals surface area contributed by atoms with Gasteiger partial charge in [0.2, 0.25) is 0 Å². The smallest absolute Gasteiger partial charge is 0.0799 e. The van der Waals surface area contributed by atoms with E-state index in [4.69, 9.17) is 102 Å². The van der Waals surface area contributed by atoms with Gasteiger partial charge in [-0.05, 0) is 97.3 Å². The quantitative estimate of drug-likeness (QED) is 0.0359. The highest BCUT2D eigenvalue weighted by molar-refractivity contribution is 4.79. The second-order valence-corrected chi connectivity index (χ2v) is 15.6. The molecule has 69 heavy (non-hydrogen) atoms. The third kappa shape index (κ3) is 134. The fraction of sp³-hybridized carbons (Fsp3) is 0.959. The van der Waals surface area contributed by atoms with Crippen LogP contribution in [0.1, 0.15) is 175 Å². The van der Waals surface area contributed by atoms with Crippen molar-refractivity contribution in [2.45, 2.75) is 212 Å². The van der Waals surface area contributed by atoms with Crippen LogP contribution < -0.4 is 0 Å². The topological polar surface area (TPSA) is 405 Å². The largest absolute Gasteiger partial charge is 0.396 e. The van der Waals surface area contributed by atoms with Crippen LogP contribution in [0, 0.1) is 0 Å². The average Bonchev–Trinajstić information content (AvgIpc) is 3.35. The molecule has 1 saturated carbocycles. The van der Waals surface area contributed by atoms with Gasteiger partial charge in [0.1, 0.15) is 0 Å². The minimum absolute atomic E-state index is 0.0144. The Kier molecular flexibility index (Phi) is 118. The van der Waals surface area contributed by atoms with Crippen molar-refractivity contribution in [1.29, 1.82) is 0 Å². The van der Waals surface area contributed by atoms with Gasteiger partial charge >= 0.3 is 0 Å². The van der Waals surface area contributed by atoms with Crippen LogP contribution in [0.4, 0.5) is 0 Å². The number of rotatable bonds is 29. The summed E-state index contributed by atoms with van der Waals surface area (Å²) in [5.41, 5.74) is 0. The molecule has 1 aliphatic rings. The summed E-state index contributed by atoms with van der Waals surface area (Å²) in [5, 5.41) is 165. The van der Waals surface area contributed by atoms with Crippen LogP contribution >= 0.6 is 0 Å². The zero-order valence-electron chi connectivity index (χ0n) is 43.7. The van der Waals surface area contributed by atoms with Crippen molar-refractivity contribution in [2.75, 3.05) is 92.5 Å². The molecule has 0 aromatic rings. The predicted octanol–water partition coefficient (Wildman–Crippen LogP) is 0.543. The minimum atomic E-state index is -0.560. The first kappa shape index (κ1) is 87.6. The van der Waals surface area contributed by atoms with Crippen molar-refractivity contribution >= 4 is 0 Å². The molecule has 0 saturated heterocycles. The standard InChI is InChI=1S/C10H22O2.C6H12O2.C6H14O2.C5H12O2.3C4H10O2.C4H8O2.2C3H8O2/c11-9-7-5-3-1-2-4-6-8-10-12;7-5-3-1-2-4-6(5)8;1-2-3-4-6(8)5-7;6-4-2-1-3-5-7;1-4(6)2-3-5;1-2-4(6)3-5;2*5-3-1-2-4-6;1-3(5)2-4;4-2-1-3-5/h11-12H,1-10H2;5-8H,1-4H2;6-8H,2-5H2,1H3;6-7H,1-5H2;2*4-6H,2-3H2,1H3;5-6H,1-4H2;1-2,5-6H,3-4H2;3-5H,2H2,1H3;4-5H,1-3H2. The Morgan fingerprint density at radius 3 is 0.812 bits per heavy atom. The van der Waals surface area contributed by atoms with Gasteiger partial charge in [0.05, 0.1) is 69.7 Å². The molecule has 0 spiro atoms. The Hall–Kier alpha value is -1.06. The van der Waals surface area contributed by atoms with Gasteiger partial charge in [0.15, 0.2) is 0 Å². The fourth-order valence-corrected chi connectivity index (χ4v) is 4.07. The molecular weight excluding hydrogens is 909 g/mol. The molecule has 0 radical (unpaired) electrons. The van der Waals surface area contributed by atoms with Crippen LogP contribution in [0.15, 0.2) is 12.2 Å². The van der Waals surface area contributed by atoms with Crippen LogP contribution in [-0.4, -0.2) is 231 Å². The zero-order valence-corrected chi connectivity index (χ0v) is 43.7. The molecule has 430 valence electrons. The van der Waals surface area contributed by atoms with Gasteiger partial charge in [0.25, 0.3) is 0 Å². The van der Waals surface area contributed by atoms with Crippen LogP contribution in [0.2, 0.25) is 0 Å². The first-order valence-electron chi connectivity index (χ1n) is 25.3. The van der Waals surface area contributed by atoms with E-state index in [0.29, 0.717) is 32.5 Å². The molecule has 0 heterocycles. The fourth-order valence-electron chi connectivity index (χ4n) is 4.07. The van der Waals surface area contributed by atoms with Gasteiger partial charge in [-0.25, -0.2) is 0 Å². The monoisotopic (exact) mass is 1020 g/mol. The van der Waals surface area contributed by atoms with E-state index < -0.39 is 30.5 Å². The van der Waals surface area contributed by atoms with Crippen LogP contribution in [0.25, 0.3) is 0 Å². The van der Waals surface area contributed by atoms with Crippen molar-refractivity contribution in [3.63, 3.8) is 0 Å². The van der Waals surface area contributed by atoms with Crippen molar-refractivity contribution in [3.8, 4) is 0 Å². The third-order valence-corrected chi connectivity index (χ3v) is 8.43. The summed E-state index contributed by atoms with van der Waals surface area (Å²) in [6.07, 6.45) is 21.6. The molecule has 20 nitrogen and oxygen atoms in total. The van der Waals surface area contributed by atoms with E-state index in [1.54, 1.807) is 6.92 Å². The van der Waals surface area contributed by atoms with Gasteiger partial charge in [-0.3, -0.25) is 0 Å². The molecule has 1 rings (SSSR count). The highest BCUT2D eigenvalue weighted by atomic mass is 16.3. The second-order valence-electron chi connectivity index (χ2n) is 15.6. The van der Waals surface area contributed by atoms with Gasteiger partial charge in [-0.15, -0.1) is 0 Å². The van der Waals surface area contributed by atoms with Gasteiger partial charge in [0, 0.05) is 59.5 Å². The first-order valence-corrected chi connectivity index (χ1v) is 25.3. The molecule has 1 aliphatic carbocycles. The van der Waals surface area contributed by atoms with E-state index in [-0.39, 0.29) is 85.4 Å². The molecular formula is C49H114O20. The van der Waals surface area contributed by atoms with E-state index in [0.717, 1.165) is 103 Å². The Morgan fingerprint density at radius 2 is 0.652 bits per heavy atom. The van der Waals surface area contributed by atoms with E-state index in [2.05, 4.69) is 6.92 Å². The summed E-state index contributed by atoms with van der Waals surface area (Å²) in [6.45, 7) is 8.57. The number of hydrogen-bond donors (Lipinski definition) is 20. The lowest BCUT2D eigenvalue weighted by Gasteiger charge is -2.22. The van der Waals surface area contributed by atoms with E-state index in [1.165, 1.54) is 44.8 Å². The second kappa shape index (κ2) is 93.0. The summed E-state index contributed by atoms with van der Waals surface area (Å²) in [7, 11) is 0. The van der Waals surface area contributed by atoms with Gasteiger partial charge < -0.3 is 102 Å². The molecule has 0 aromatic carbocycles. The Morgan fingerprint density at radius 1 is 0.362 bits per heavy atom.